The Kier molecular flexibility index (Phi) is 5.09. The molecule has 1 saturated heterocycles. The van der Waals surface area contributed by atoms with Crippen LogP contribution >= 0.6 is 15.9 Å². The van der Waals surface area contributed by atoms with Crippen molar-refractivity contribution in [2.45, 2.75) is 6.54 Å². The molecular weight excluding hydrogens is 404 g/mol. The molecule has 0 aliphatic carbocycles. The SMILES string of the molecule is N=Cc1ccc(CN2CCN(C(=O)c3cc4ccc(Br)cc4[nH]3)CC2)cc1. The van der Waals surface area contributed by atoms with Gasteiger partial charge in [0.2, 0.25) is 0 Å². The van der Waals surface area contributed by atoms with Gasteiger partial charge in [-0.05, 0) is 29.3 Å². The number of benzene rings is 2. The molecule has 1 fully saturated rings. The monoisotopic (exact) mass is 424 g/mol. The summed E-state index contributed by atoms with van der Waals surface area (Å²) in [6.07, 6.45) is 1.36. The number of fused-ring (bicyclic) bond motifs is 1. The predicted octanol–water partition coefficient (Wildman–Crippen LogP) is 3.89. The fourth-order valence-corrected chi connectivity index (χ4v) is 3.83. The summed E-state index contributed by atoms with van der Waals surface area (Å²) in [5.74, 6) is 0.0670. The van der Waals surface area contributed by atoms with Crippen LogP contribution in [-0.4, -0.2) is 53.1 Å². The number of carbonyl (C=O) groups excluding carboxylic acids is 1. The summed E-state index contributed by atoms with van der Waals surface area (Å²) < 4.78 is 0.998. The van der Waals surface area contributed by atoms with E-state index >= 15 is 0 Å². The first kappa shape index (κ1) is 17.9. The number of hydrogen-bond acceptors (Lipinski definition) is 3. The first-order valence-corrected chi connectivity index (χ1v) is 9.81. The molecule has 1 aromatic heterocycles. The van der Waals surface area contributed by atoms with Gasteiger partial charge in [-0.25, -0.2) is 0 Å². The van der Waals surface area contributed by atoms with Crippen molar-refractivity contribution in [3.8, 4) is 0 Å². The molecule has 27 heavy (non-hydrogen) atoms. The summed E-state index contributed by atoms with van der Waals surface area (Å²) in [6, 6.07) is 16.0. The lowest BCUT2D eigenvalue weighted by atomic mass is 10.1. The van der Waals surface area contributed by atoms with Gasteiger partial charge in [0.1, 0.15) is 5.69 Å². The highest BCUT2D eigenvalue weighted by Gasteiger charge is 2.23. The second kappa shape index (κ2) is 7.66. The van der Waals surface area contributed by atoms with Crippen LogP contribution in [0, 0.1) is 5.41 Å². The zero-order valence-electron chi connectivity index (χ0n) is 14.9. The Morgan fingerprint density at radius 3 is 2.52 bits per heavy atom. The predicted molar refractivity (Wildman–Crippen MR) is 112 cm³/mol. The van der Waals surface area contributed by atoms with Crippen LogP contribution in [0.25, 0.3) is 10.9 Å². The van der Waals surface area contributed by atoms with Gasteiger partial charge in [-0.3, -0.25) is 9.69 Å². The minimum absolute atomic E-state index is 0.0670. The number of nitrogens with one attached hydrogen (secondary N) is 2. The summed E-state index contributed by atoms with van der Waals surface area (Å²) in [6.45, 7) is 4.07. The van der Waals surface area contributed by atoms with Gasteiger partial charge >= 0.3 is 0 Å². The highest BCUT2D eigenvalue weighted by molar-refractivity contribution is 9.10. The van der Waals surface area contributed by atoms with Gasteiger partial charge in [0, 0.05) is 54.3 Å². The number of H-pyrrole nitrogens is 1. The van der Waals surface area contributed by atoms with Gasteiger partial charge in [0.25, 0.3) is 5.91 Å². The zero-order valence-corrected chi connectivity index (χ0v) is 16.5. The number of rotatable bonds is 4. The topological polar surface area (TPSA) is 63.2 Å². The molecule has 2 aromatic carbocycles. The van der Waals surface area contributed by atoms with E-state index in [1.165, 1.54) is 11.8 Å². The maximum atomic E-state index is 12.8. The van der Waals surface area contributed by atoms with Crippen LogP contribution < -0.4 is 0 Å². The van der Waals surface area contributed by atoms with Gasteiger partial charge in [-0.15, -0.1) is 0 Å². The molecule has 0 atom stereocenters. The van der Waals surface area contributed by atoms with E-state index in [4.69, 9.17) is 5.41 Å². The Labute approximate surface area is 166 Å². The van der Waals surface area contributed by atoms with Gasteiger partial charge in [-0.1, -0.05) is 46.3 Å². The third-order valence-electron chi connectivity index (χ3n) is 5.03. The fourth-order valence-electron chi connectivity index (χ4n) is 3.47. The van der Waals surface area contributed by atoms with E-state index in [0.717, 1.165) is 53.7 Å². The van der Waals surface area contributed by atoms with E-state index in [9.17, 15) is 4.79 Å². The maximum absolute atomic E-state index is 12.8. The van der Waals surface area contributed by atoms with E-state index in [1.54, 1.807) is 0 Å². The molecule has 0 saturated carbocycles. The van der Waals surface area contributed by atoms with Gasteiger partial charge < -0.3 is 15.3 Å². The molecule has 1 amide bonds. The lowest BCUT2D eigenvalue weighted by Crippen LogP contribution is -2.48. The van der Waals surface area contributed by atoms with Crippen LogP contribution in [0.2, 0.25) is 0 Å². The van der Waals surface area contributed by atoms with Gasteiger partial charge in [0.15, 0.2) is 0 Å². The molecule has 4 rings (SSSR count). The lowest BCUT2D eigenvalue weighted by molar-refractivity contribution is 0.0623. The molecule has 0 spiro atoms. The maximum Gasteiger partial charge on any atom is 0.270 e. The molecule has 5 nitrogen and oxygen atoms in total. The fraction of sp³-hybridized carbons (Fsp3) is 0.238. The smallest absolute Gasteiger partial charge is 0.270 e. The Morgan fingerprint density at radius 2 is 1.81 bits per heavy atom. The van der Waals surface area contributed by atoms with E-state index in [2.05, 4.69) is 37.9 Å². The number of hydrogen-bond donors (Lipinski definition) is 2. The Hall–Kier alpha value is -2.44. The van der Waals surface area contributed by atoms with Crippen molar-refractivity contribution < 1.29 is 4.79 Å². The second-order valence-electron chi connectivity index (χ2n) is 6.87. The van der Waals surface area contributed by atoms with Crippen molar-refractivity contribution in [2.75, 3.05) is 26.2 Å². The third-order valence-corrected chi connectivity index (χ3v) is 5.52. The average molecular weight is 425 g/mol. The molecule has 138 valence electrons. The molecule has 3 aromatic rings. The van der Waals surface area contributed by atoms with Crippen LogP contribution in [0.3, 0.4) is 0 Å². The first-order chi connectivity index (χ1) is 13.1. The summed E-state index contributed by atoms with van der Waals surface area (Å²) in [5, 5.41) is 8.32. The van der Waals surface area contributed by atoms with Crippen molar-refractivity contribution >= 4 is 39.0 Å². The normalized spacial score (nSPS) is 15.2. The summed E-state index contributed by atoms with van der Waals surface area (Å²) in [5.41, 5.74) is 3.78. The van der Waals surface area contributed by atoms with Crippen molar-refractivity contribution in [2.24, 2.45) is 0 Å². The Balaban J connectivity index is 1.37. The standard InChI is InChI=1S/C21H21BrN4O/c22-18-6-5-17-11-20(24-19(17)12-18)21(27)26-9-7-25(8-10-26)14-16-3-1-15(13-23)2-4-16/h1-6,11-13,23-24H,7-10,14H2. The third kappa shape index (κ3) is 3.96. The number of halogens is 1. The van der Waals surface area contributed by atoms with Crippen LogP contribution in [0.1, 0.15) is 21.6 Å². The van der Waals surface area contributed by atoms with Crippen molar-refractivity contribution in [3.05, 3.63) is 69.8 Å². The number of aromatic amines is 1. The van der Waals surface area contributed by atoms with Crippen LogP contribution in [0.15, 0.2) is 53.0 Å². The quantitative estimate of drug-likeness (QED) is 0.624. The van der Waals surface area contributed by atoms with Crippen LogP contribution in [-0.2, 0) is 6.54 Å². The van der Waals surface area contributed by atoms with E-state index in [-0.39, 0.29) is 5.91 Å². The Morgan fingerprint density at radius 1 is 1.07 bits per heavy atom. The number of carbonyl (C=O) groups is 1. The Bertz CT molecular complexity index is 972. The van der Waals surface area contributed by atoms with E-state index < -0.39 is 0 Å². The summed E-state index contributed by atoms with van der Waals surface area (Å²) >= 11 is 3.47. The van der Waals surface area contributed by atoms with E-state index in [1.807, 2.05) is 41.3 Å². The summed E-state index contributed by atoms with van der Waals surface area (Å²) in [7, 11) is 0. The minimum Gasteiger partial charge on any atom is -0.350 e. The number of nitrogens with zero attached hydrogens (tertiary/aromatic N) is 2. The second-order valence-corrected chi connectivity index (χ2v) is 7.78. The van der Waals surface area contributed by atoms with E-state index in [0.29, 0.717) is 5.69 Å². The largest absolute Gasteiger partial charge is 0.350 e. The minimum atomic E-state index is 0.0670. The molecule has 6 heteroatoms. The van der Waals surface area contributed by atoms with Crippen molar-refractivity contribution in [3.63, 3.8) is 0 Å². The summed E-state index contributed by atoms with van der Waals surface area (Å²) in [4.78, 5) is 20.4. The number of aromatic nitrogens is 1. The zero-order chi connectivity index (χ0) is 18.8. The molecule has 2 N–H and O–H groups in total. The average Bonchev–Trinajstić information content (AvgIpc) is 3.12. The number of piperazine rings is 1. The number of amides is 1. The lowest BCUT2D eigenvalue weighted by Gasteiger charge is -2.34. The van der Waals surface area contributed by atoms with Gasteiger partial charge in [0.05, 0.1) is 0 Å². The van der Waals surface area contributed by atoms with Crippen molar-refractivity contribution in [1.29, 1.82) is 5.41 Å². The first-order valence-electron chi connectivity index (χ1n) is 9.02. The molecule has 2 heterocycles. The highest BCUT2D eigenvalue weighted by Crippen LogP contribution is 2.21. The molecular formula is C21H21BrN4O. The van der Waals surface area contributed by atoms with Gasteiger partial charge in [-0.2, -0.15) is 0 Å². The van der Waals surface area contributed by atoms with Crippen molar-refractivity contribution in [1.82, 2.24) is 14.8 Å². The molecule has 1 aliphatic heterocycles. The van der Waals surface area contributed by atoms with Crippen LogP contribution in [0.5, 0.6) is 0 Å². The molecule has 1 aliphatic rings. The molecule has 0 radical (unpaired) electrons. The highest BCUT2D eigenvalue weighted by atomic mass is 79.9. The van der Waals surface area contributed by atoms with Crippen LogP contribution in [0.4, 0.5) is 0 Å². The molecule has 0 bridgehead atoms. The molecule has 0 unspecified atom stereocenters.